The summed E-state index contributed by atoms with van der Waals surface area (Å²) in [5, 5.41) is 7.22. The van der Waals surface area contributed by atoms with Crippen LogP contribution in [0.15, 0.2) is 18.2 Å². The minimum absolute atomic E-state index is 0. The Hall–Kier alpha value is 0.181. The van der Waals surface area contributed by atoms with Crippen LogP contribution in [-0.4, -0.2) is 17.2 Å². The van der Waals surface area contributed by atoms with Crippen molar-refractivity contribution in [2.24, 2.45) is 0 Å². The van der Waals surface area contributed by atoms with E-state index in [1.807, 2.05) is 6.92 Å². The van der Waals surface area contributed by atoms with Gasteiger partial charge in [0.15, 0.2) is 0 Å². The van der Waals surface area contributed by atoms with Crippen molar-refractivity contribution in [3.05, 3.63) is 23.9 Å². The van der Waals surface area contributed by atoms with Crippen molar-refractivity contribution in [1.82, 2.24) is 10.2 Å². The summed E-state index contributed by atoms with van der Waals surface area (Å²) in [7, 11) is 0. The fourth-order valence-corrected chi connectivity index (χ4v) is 1.55. The summed E-state index contributed by atoms with van der Waals surface area (Å²) in [4.78, 5) is 0. The predicted octanol–water partition coefficient (Wildman–Crippen LogP) is -0.816. The molecule has 80 valence electrons. The number of aromatic nitrogens is 2. The monoisotopic (exact) mass is 252 g/mol. The molecule has 0 unspecified atom stereocenters. The van der Waals surface area contributed by atoms with Gasteiger partial charge < -0.3 is 12.9 Å². The van der Waals surface area contributed by atoms with Crippen molar-refractivity contribution >= 4 is 23.3 Å². The van der Waals surface area contributed by atoms with Crippen LogP contribution in [0, 0.1) is 0 Å². The molecule has 0 aliphatic rings. The molecule has 1 N–H and O–H groups in total. The average Bonchev–Trinajstić information content (AvgIpc) is 2.57. The van der Waals surface area contributed by atoms with Gasteiger partial charge in [-0.1, -0.05) is 19.1 Å². The van der Waals surface area contributed by atoms with Gasteiger partial charge in [0, 0.05) is 11.1 Å². The summed E-state index contributed by atoms with van der Waals surface area (Å²) in [5.74, 6) is 0. The van der Waals surface area contributed by atoms with Gasteiger partial charge in [-0.3, -0.25) is 5.10 Å². The molecule has 2 aromatic rings. The Bertz CT molecular complexity index is 495. The number of aromatic amines is 1. The van der Waals surface area contributed by atoms with E-state index < -0.39 is 12.4 Å². The second kappa shape index (κ2) is 5.22. The maximum Gasteiger partial charge on any atom is 1.00 e. The van der Waals surface area contributed by atoms with Gasteiger partial charge in [0.2, 0.25) is 0 Å². The van der Waals surface area contributed by atoms with Crippen molar-refractivity contribution in [3.8, 4) is 0 Å². The first kappa shape index (κ1) is 14.2. The molecule has 0 saturated carbocycles. The Balaban J connectivity index is 0.00000128. The average molecular weight is 252 g/mol. The molecule has 2 nitrogen and oxygen atoms in total. The van der Waals surface area contributed by atoms with Crippen LogP contribution in [-0.2, 0) is 6.42 Å². The zero-order valence-corrected chi connectivity index (χ0v) is 12.2. The van der Waals surface area contributed by atoms with Crippen molar-refractivity contribution < 1.29 is 64.3 Å². The fourth-order valence-electron chi connectivity index (χ4n) is 1.55. The molecule has 0 spiro atoms. The molecule has 0 aliphatic carbocycles. The standard InChI is InChI=1S/C9H9BF3N2.K/c1-2-8-7-5-6(10(11,12)13)3-4-9(7)15-14-8;/h3-5H,2H2,1H3,(H,14,15);/q-1;+1. The summed E-state index contributed by atoms with van der Waals surface area (Å²) in [6.07, 6.45) is 0.644. The van der Waals surface area contributed by atoms with Gasteiger partial charge in [-0.15, -0.1) is 5.46 Å². The quantitative estimate of drug-likeness (QED) is 0.695. The Morgan fingerprint density at radius 2 is 2.00 bits per heavy atom. The van der Waals surface area contributed by atoms with Gasteiger partial charge in [-0.25, -0.2) is 0 Å². The van der Waals surface area contributed by atoms with Crippen LogP contribution in [0.25, 0.3) is 10.9 Å². The number of fused-ring (bicyclic) bond motifs is 1. The molecule has 2 rings (SSSR count). The van der Waals surface area contributed by atoms with Crippen LogP contribution in [0.1, 0.15) is 12.6 Å². The number of hydrogen-bond acceptors (Lipinski definition) is 1. The van der Waals surface area contributed by atoms with E-state index >= 15 is 0 Å². The zero-order chi connectivity index (χ0) is 11.1. The molecule has 0 saturated heterocycles. The number of nitrogens with one attached hydrogen (secondary N) is 1. The number of benzene rings is 1. The maximum atomic E-state index is 12.5. The minimum Gasteiger partial charge on any atom is -0.445 e. The van der Waals surface area contributed by atoms with Crippen LogP contribution >= 0.6 is 0 Å². The molecule has 1 aromatic carbocycles. The van der Waals surface area contributed by atoms with Crippen LogP contribution < -0.4 is 56.8 Å². The number of H-pyrrole nitrogens is 1. The van der Waals surface area contributed by atoms with Gasteiger partial charge in [0.05, 0.1) is 5.52 Å². The van der Waals surface area contributed by atoms with Crippen LogP contribution in [0.3, 0.4) is 0 Å². The summed E-state index contributed by atoms with van der Waals surface area (Å²) < 4.78 is 37.5. The van der Waals surface area contributed by atoms with Crippen molar-refractivity contribution in [2.75, 3.05) is 0 Å². The number of nitrogens with zero attached hydrogens (tertiary/aromatic N) is 1. The van der Waals surface area contributed by atoms with E-state index in [1.54, 1.807) is 0 Å². The topological polar surface area (TPSA) is 28.7 Å². The Morgan fingerprint density at radius 3 is 2.56 bits per heavy atom. The van der Waals surface area contributed by atoms with Gasteiger partial charge in [0.25, 0.3) is 0 Å². The van der Waals surface area contributed by atoms with Gasteiger partial charge in [0.1, 0.15) is 0 Å². The molecule has 1 heterocycles. The minimum atomic E-state index is -4.93. The SMILES string of the molecule is CCc1[nH]nc2ccc([B-](F)(F)F)cc12.[K+]. The van der Waals surface area contributed by atoms with Crippen LogP contribution in [0.2, 0.25) is 0 Å². The predicted molar refractivity (Wildman–Crippen MR) is 54.2 cm³/mol. The summed E-state index contributed by atoms with van der Waals surface area (Å²) in [5.41, 5.74) is 0.751. The number of halogens is 3. The summed E-state index contributed by atoms with van der Waals surface area (Å²) >= 11 is 0. The largest absolute Gasteiger partial charge is 1.00 e. The van der Waals surface area contributed by atoms with E-state index in [9.17, 15) is 12.9 Å². The smallest absolute Gasteiger partial charge is 0.445 e. The van der Waals surface area contributed by atoms with Gasteiger partial charge >= 0.3 is 58.4 Å². The Kier molecular flexibility index (Phi) is 4.65. The molecule has 1 aromatic heterocycles. The van der Waals surface area contributed by atoms with Crippen LogP contribution in [0.5, 0.6) is 0 Å². The van der Waals surface area contributed by atoms with Crippen molar-refractivity contribution in [2.45, 2.75) is 13.3 Å². The number of hydrogen-bond donors (Lipinski definition) is 1. The number of aryl methyl sites for hydroxylation is 1. The van der Waals surface area contributed by atoms with Crippen LogP contribution in [0.4, 0.5) is 12.9 Å². The first-order chi connectivity index (χ1) is 7.02. The van der Waals surface area contributed by atoms with Gasteiger partial charge in [-0.2, -0.15) is 5.10 Å². The molecule has 7 heteroatoms. The number of rotatable bonds is 2. The van der Waals surface area contributed by atoms with E-state index in [4.69, 9.17) is 0 Å². The Morgan fingerprint density at radius 1 is 1.31 bits per heavy atom. The third-order valence-corrected chi connectivity index (χ3v) is 2.39. The van der Waals surface area contributed by atoms with E-state index in [0.717, 1.165) is 17.8 Å². The van der Waals surface area contributed by atoms with E-state index in [-0.39, 0.29) is 51.4 Å². The molecular formula is C9H9BF3KN2. The van der Waals surface area contributed by atoms with Crippen molar-refractivity contribution in [3.63, 3.8) is 0 Å². The second-order valence-electron chi connectivity index (χ2n) is 3.41. The Labute approximate surface area is 133 Å². The molecule has 0 radical (unpaired) electrons. The van der Waals surface area contributed by atoms with Gasteiger partial charge in [-0.05, 0) is 12.5 Å². The third kappa shape index (κ3) is 2.70. The summed E-state index contributed by atoms with van der Waals surface area (Å²) in [6.45, 7) is -3.05. The molecule has 0 bridgehead atoms. The first-order valence-electron chi connectivity index (χ1n) is 4.69. The fraction of sp³-hybridized carbons (Fsp3) is 0.222. The second-order valence-corrected chi connectivity index (χ2v) is 3.41. The maximum absolute atomic E-state index is 12.5. The third-order valence-electron chi connectivity index (χ3n) is 2.39. The zero-order valence-electron chi connectivity index (χ0n) is 9.10. The van der Waals surface area contributed by atoms with E-state index in [0.29, 0.717) is 17.3 Å². The molecule has 0 atom stereocenters. The molecule has 0 amide bonds. The first-order valence-corrected chi connectivity index (χ1v) is 4.69. The van der Waals surface area contributed by atoms with E-state index in [1.165, 1.54) is 6.07 Å². The van der Waals surface area contributed by atoms with Crippen molar-refractivity contribution in [1.29, 1.82) is 0 Å². The summed E-state index contributed by atoms with van der Waals surface area (Å²) in [6, 6.07) is 3.63. The van der Waals surface area contributed by atoms with E-state index in [2.05, 4.69) is 10.2 Å². The molecular weight excluding hydrogens is 243 g/mol. The molecule has 0 fully saturated rings. The molecule has 16 heavy (non-hydrogen) atoms. The molecule has 0 aliphatic heterocycles. The normalized spacial score (nSPS) is 11.5.